The van der Waals surface area contributed by atoms with Crippen molar-refractivity contribution in [3.8, 4) is 0 Å². The molecule has 0 spiro atoms. The van der Waals surface area contributed by atoms with Gasteiger partial charge < -0.3 is 9.84 Å². The summed E-state index contributed by atoms with van der Waals surface area (Å²) in [7, 11) is -1.64. The van der Waals surface area contributed by atoms with Crippen molar-refractivity contribution in [3.05, 3.63) is 45.3 Å². The summed E-state index contributed by atoms with van der Waals surface area (Å²) in [4.78, 5) is 26.7. The molecule has 2 N–H and O–H groups in total. The van der Waals surface area contributed by atoms with Crippen LogP contribution in [0.3, 0.4) is 0 Å². The van der Waals surface area contributed by atoms with Crippen LogP contribution >= 0.6 is 0 Å². The number of H-pyrrole nitrogens is 1. The molecule has 6 nitrogen and oxygen atoms in total. The molecule has 0 unspecified atom stereocenters. The van der Waals surface area contributed by atoms with E-state index in [0.29, 0.717) is 18.4 Å². The molecule has 2 heterocycles. The van der Waals surface area contributed by atoms with Gasteiger partial charge in [0.25, 0.3) is 5.56 Å². The molecule has 0 saturated carbocycles. The lowest BCUT2D eigenvalue weighted by molar-refractivity contribution is -0.116. The van der Waals surface area contributed by atoms with E-state index in [-0.39, 0.29) is 0 Å². The lowest BCUT2D eigenvalue weighted by atomic mass is 9.71. The van der Waals surface area contributed by atoms with Gasteiger partial charge in [-0.1, -0.05) is 39.9 Å². The minimum Gasteiger partial charge on any atom is -0.386 e. The van der Waals surface area contributed by atoms with Gasteiger partial charge in [0, 0.05) is 18.2 Å². The van der Waals surface area contributed by atoms with Crippen molar-refractivity contribution in [1.29, 1.82) is 0 Å². The fourth-order valence-corrected chi connectivity index (χ4v) is 5.54. The zero-order valence-corrected chi connectivity index (χ0v) is 17.2. The molecular formula is C18H30N2O4Si. The topological polar surface area (TPSA) is 84.3 Å². The minimum atomic E-state index is -1.64. The van der Waals surface area contributed by atoms with E-state index in [0.717, 1.165) is 0 Å². The summed E-state index contributed by atoms with van der Waals surface area (Å²) in [5.74, 6) is 0. The number of rotatable bonds is 4. The first-order valence-electron chi connectivity index (χ1n) is 8.73. The normalized spacial score (nSPS) is 30.0. The number of nitrogens with zero attached hydrogens (tertiary/aromatic N) is 1. The molecule has 2 rings (SSSR count). The van der Waals surface area contributed by atoms with Crippen molar-refractivity contribution in [2.24, 2.45) is 5.41 Å². The average molecular weight is 367 g/mol. The third-order valence-electron chi connectivity index (χ3n) is 5.51. The quantitative estimate of drug-likeness (QED) is 0.627. The highest BCUT2D eigenvalue weighted by Gasteiger charge is 2.61. The molecule has 1 saturated heterocycles. The average Bonchev–Trinajstić information content (AvgIpc) is 2.79. The first-order chi connectivity index (χ1) is 11.4. The predicted octanol–water partition coefficient (Wildman–Crippen LogP) is 1.67. The monoisotopic (exact) mass is 366 g/mol. The predicted molar refractivity (Wildman–Crippen MR) is 102 cm³/mol. The second-order valence-corrected chi connectivity index (χ2v) is 11.6. The zero-order valence-electron chi connectivity index (χ0n) is 16.0. The molecule has 0 aromatic carbocycles. The van der Waals surface area contributed by atoms with Crippen LogP contribution in [-0.4, -0.2) is 35.2 Å². The van der Waals surface area contributed by atoms with Gasteiger partial charge in [0.15, 0.2) is 0 Å². The first-order valence-corrected chi connectivity index (χ1v) is 11.6. The summed E-state index contributed by atoms with van der Waals surface area (Å²) in [5, 5.41) is 10.6. The summed E-state index contributed by atoms with van der Waals surface area (Å²) >= 11 is 0. The highest BCUT2D eigenvalue weighted by molar-refractivity contribution is 6.58. The maximum absolute atomic E-state index is 12.6. The summed E-state index contributed by atoms with van der Waals surface area (Å²) in [6.07, 6.45) is 3.65. The Morgan fingerprint density at radius 1 is 1.48 bits per heavy atom. The Kier molecular flexibility index (Phi) is 5.07. The van der Waals surface area contributed by atoms with Gasteiger partial charge in [0.2, 0.25) is 0 Å². The zero-order chi connectivity index (χ0) is 19.2. The van der Waals surface area contributed by atoms with E-state index in [1.807, 2.05) is 20.8 Å². The van der Waals surface area contributed by atoms with Gasteiger partial charge in [-0.2, -0.15) is 0 Å². The van der Waals surface area contributed by atoms with Crippen LogP contribution in [0, 0.1) is 12.3 Å². The lowest BCUT2D eigenvalue weighted by Gasteiger charge is -2.40. The standard InChI is InChI=1S/C18H30N2O4Si/c1-8-9-13-17(23,16(3,4)5)11-18(24-13,25(6)7)20-10-12(2)14(21)19-15(20)22/h8,10,13,23,25H,1,9,11H2,2-7H3,(H,19,21,22)/t13-,17+,18+/m1/s1. The third kappa shape index (κ3) is 3.09. The largest absolute Gasteiger partial charge is 0.386 e. The van der Waals surface area contributed by atoms with Crippen LogP contribution < -0.4 is 11.2 Å². The fourth-order valence-electron chi connectivity index (χ4n) is 3.64. The van der Waals surface area contributed by atoms with E-state index in [1.54, 1.807) is 19.2 Å². The van der Waals surface area contributed by atoms with Crippen LogP contribution in [0.2, 0.25) is 13.1 Å². The first kappa shape index (κ1) is 19.9. The van der Waals surface area contributed by atoms with Crippen LogP contribution in [0.25, 0.3) is 0 Å². The number of aromatic nitrogens is 2. The minimum absolute atomic E-state index is 0.317. The number of hydrogen-bond acceptors (Lipinski definition) is 4. The molecule has 1 fully saturated rings. The molecule has 0 aliphatic carbocycles. The Morgan fingerprint density at radius 2 is 2.08 bits per heavy atom. The van der Waals surface area contributed by atoms with Crippen molar-refractivity contribution in [1.82, 2.24) is 9.55 Å². The number of nitrogens with one attached hydrogen (secondary N) is 1. The van der Waals surface area contributed by atoms with Gasteiger partial charge in [-0.15, -0.1) is 6.58 Å². The van der Waals surface area contributed by atoms with Gasteiger partial charge in [0.1, 0.15) is 10.9 Å². The van der Waals surface area contributed by atoms with Crippen molar-refractivity contribution in [2.75, 3.05) is 0 Å². The Morgan fingerprint density at radius 3 is 2.56 bits per heavy atom. The molecule has 1 aromatic heterocycles. The smallest absolute Gasteiger partial charge is 0.330 e. The number of hydrogen-bond donors (Lipinski definition) is 2. The molecule has 25 heavy (non-hydrogen) atoms. The summed E-state index contributed by atoms with van der Waals surface area (Å²) in [6.45, 7) is 15.6. The molecule has 1 aliphatic rings. The molecule has 7 heteroatoms. The fraction of sp³-hybridized carbons (Fsp3) is 0.667. The molecule has 0 radical (unpaired) electrons. The van der Waals surface area contributed by atoms with Crippen molar-refractivity contribution in [2.45, 2.75) is 70.7 Å². The van der Waals surface area contributed by atoms with Gasteiger partial charge >= 0.3 is 5.69 Å². The highest BCUT2D eigenvalue weighted by atomic mass is 28.3. The number of aliphatic hydroxyl groups is 1. The SMILES string of the molecule is C=CC[C@H]1O[C@](n2cc(C)c(=O)[nH]c2=O)([SiH](C)C)C[C@@]1(O)C(C)(C)C. The molecule has 0 amide bonds. The molecular weight excluding hydrogens is 336 g/mol. The van der Waals surface area contributed by atoms with Crippen molar-refractivity contribution >= 4 is 8.80 Å². The van der Waals surface area contributed by atoms with Crippen LogP contribution in [0.5, 0.6) is 0 Å². The second kappa shape index (κ2) is 6.37. The van der Waals surface area contributed by atoms with Gasteiger partial charge in [0.05, 0.1) is 14.9 Å². The summed E-state index contributed by atoms with van der Waals surface area (Å²) in [6, 6.07) is 0. The van der Waals surface area contributed by atoms with E-state index >= 15 is 0 Å². The Balaban J connectivity index is 2.71. The van der Waals surface area contributed by atoms with Gasteiger partial charge in [-0.3, -0.25) is 14.3 Å². The van der Waals surface area contributed by atoms with Crippen LogP contribution in [0.4, 0.5) is 0 Å². The van der Waals surface area contributed by atoms with Crippen LogP contribution in [0.1, 0.15) is 39.2 Å². The van der Waals surface area contributed by atoms with E-state index < -0.39 is 42.5 Å². The van der Waals surface area contributed by atoms with Gasteiger partial charge in [-0.05, 0) is 18.8 Å². The Hall–Kier alpha value is -1.44. The molecule has 0 bridgehead atoms. The molecule has 3 atom stereocenters. The summed E-state index contributed by atoms with van der Waals surface area (Å²) in [5.41, 5.74) is -1.99. The number of ether oxygens (including phenoxy) is 1. The van der Waals surface area contributed by atoms with E-state index in [9.17, 15) is 14.7 Å². The van der Waals surface area contributed by atoms with Crippen LogP contribution in [0.15, 0.2) is 28.4 Å². The van der Waals surface area contributed by atoms with E-state index in [1.165, 1.54) is 4.57 Å². The highest BCUT2D eigenvalue weighted by Crippen LogP contribution is 2.51. The van der Waals surface area contributed by atoms with Crippen LogP contribution in [-0.2, 0) is 10.1 Å². The number of aryl methyl sites for hydroxylation is 1. The maximum Gasteiger partial charge on any atom is 0.330 e. The van der Waals surface area contributed by atoms with Crippen molar-refractivity contribution in [3.63, 3.8) is 0 Å². The van der Waals surface area contributed by atoms with E-state index in [4.69, 9.17) is 4.74 Å². The molecule has 1 aromatic rings. The second-order valence-electron chi connectivity index (χ2n) is 8.42. The number of aromatic amines is 1. The molecule has 140 valence electrons. The molecule has 1 aliphatic heterocycles. The van der Waals surface area contributed by atoms with Gasteiger partial charge in [-0.25, -0.2) is 4.79 Å². The third-order valence-corrected chi connectivity index (χ3v) is 7.93. The van der Waals surface area contributed by atoms with Crippen molar-refractivity contribution < 1.29 is 9.84 Å². The Bertz CT molecular complexity index is 777. The lowest BCUT2D eigenvalue weighted by Crippen LogP contribution is -2.54. The van der Waals surface area contributed by atoms with E-state index in [2.05, 4.69) is 24.7 Å². The Labute approximate surface area is 150 Å². The summed E-state index contributed by atoms with van der Waals surface area (Å²) < 4.78 is 7.94. The maximum atomic E-state index is 12.6.